The third kappa shape index (κ3) is 2.23. The van der Waals surface area contributed by atoms with Gasteiger partial charge in [-0.2, -0.15) is 5.10 Å². The number of hydrogen-bond donors (Lipinski definition) is 2. The lowest BCUT2D eigenvalue weighted by molar-refractivity contribution is 0.0915. The highest BCUT2D eigenvalue weighted by molar-refractivity contribution is 5.97. The molecule has 4 rings (SSSR count). The molecule has 2 saturated carbocycles. The molecular weight excluding hydrogens is 262 g/mol. The maximum absolute atomic E-state index is 12.4. The smallest absolute Gasteiger partial charge is 0.251 e. The van der Waals surface area contributed by atoms with Gasteiger partial charge in [0.25, 0.3) is 5.91 Å². The Bertz CT molecular complexity index is 677. The first-order valence-corrected chi connectivity index (χ1v) is 7.94. The molecule has 4 nitrogen and oxygen atoms in total. The van der Waals surface area contributed by atoms with Crippen LogP contribution in [0.2, 0.25) is 0 Å². The molecule has 2 fully saturated rings. The average molecular weight is 283 g/mol. The monoisotopic (exact) mass is 283 g/mol. The Kier molecular flexibility index (Phi) is 2.98. The van der Waals surface area contributed by atoms with Gasteiger partial charge in [0.2, 0.25) is 0 Å². The van der Waals surface area contributed by atoms with Crippen LogP contribution in [-0.4, -0.2) is 22.1 Å². The van der Waals surface area contributed by atoms with E-state index in [4.69, 9.17) is 0 Å². The Labute approximate surface area is 124 Å². The summed E-state index contributed by atoms with van der Waals surface area (Å²) in [7, 11) is 0. The maximum atomic E-state index is 12.4. The first kappa shape index (κ1) is 12.9. The van der Waals surface area contributed by atoms with Crippen LogP contribution in [0.15, 0.2) is 24.4 Å². The number of benzene rings is 1. The Hall–Kier alpha value is -1.84. The summed E-state index contributed by atoms with van der Waals surface area (Å²) in [5.74, 6) is 2.45. The van der Waals surface area contributed by atoms with Gasteiger partial charge in [0, 0.05) is 17.0 Å². The molecule has 110 valence electrons. The van der Waals surface area contributed by atoms with Gasteiger partial charge in [0.15, 0.2) is 0 Å². The zero-order chi connectivity index (χ0) is 14.4. The molecule has 4 unspecified atom stereocenters. The van der Waals surface area contributed by atoms with Gasteiger partial charge in [-0.05, 0) is 56.1 Å². The number of nitrogens with zero attached hydrogens (tertiary/aromatic N) is 1. The van der Waals surface area contributed by atoms with Crippen LogP contribution in [0.25, 0.3) is 10.9 Å². The molecule has 1 amide bonds. The minimum Gasteiger partial charge on any atom is -0.349 e. The summed E-state index contributed by atoms with van der Waals surface area (Å²) >= 11 is 0. The Balaban J connectivity index is 1.47. The lowest BCUT2D eigenvalue weighted by atomic mass is 9.84. The Morgan fingerprint density at radius 1 is 1.38 bits per heavy atom. The van der Waals surface area contributed by atoms with Crippen molar-refractivity contribution in [2.45, 2.75) is 38.6 Å². The summed E-state index contributed by atoms with van der Waals surface area (Å²) in [5.41, 5.74) is 1.62. The van der Waals surface area contributed by atoms with E-state index >= 15 is 0 Å². The number of fused-ring (bicyclic) bond motifs is 3. The van der Waals surface area contributed by atoms with Gasteiger partial charge in [-0.1, -0.05) is 12.5 Å². The molecule has 0 radical (unpaired) electrons. The minimum absolute atomic E-state index is 0.0294. The van der Waals surface area contributed by atoms with E-state index in [-0.39, 0.29) is 11.9 Å². The average Bonchev–Trinajstić information content (AvgIpc) is 3.21. The number of hydrogen-bond acceptors (Lipinski definition) is 2. The second-order valence-electron chi connectivity index (χ2n) is 6.77. The Morgan fingerprint density at radius 3 is 3.05 bits per heavy atom. The second kappa shape index (κ2) is 4.86. The largest absolute Gasteiger partial charge is 0.349 e. The minimum atomic E-state index is 0.0294. The van der Waals surface area contributed by atoms with Crippen molar-refractivity contribution < 1.29 is 4.79 Å². The van der Waals surface area contributed by atoms with Crippen molar-refractivity contribution in [2.75, 3.05) is 0 Å². The predicted molar refractivity (Wildman–Crippen MR) is 82.0 cm³/mol. The van der Waals surface area contributed by atoms with Crippen LogP contribution in [-0.2, 0) is 0 Å². The molecule has 1 aromatic carbocycles. The molecule has 4 atom stereocenters. The van der Waals surface area contributed by atoms with E-state index in [1.54, 1.807) is 6.20 Å². The standard InChI is InChI=1S/C17H21N3O/c1-10(15-7-11-2-3-12(15)6-11)19-17(21)13-4-5-14-9-18-20-16(14)8-13/h4-5,8-12,15H,2-3,6-7H2,1H3,(H,18,20)(H,19,21). The highest BCUT2D eigenvalue weighted by Crippen LogP contribution is 2.49. The lowest BCUT2D eigenvalue weighted by Crippen LogP contribution is -2.40. The SMILES string of the molecule is CC(NC(=O)c1ccc2cn[nH]c2c1)C1CC2CCC1C2. The number of H-pyrrole nitrogens is 1. The molecule has 4 heteroatoms. The highest BCUT2D eigenvalue weighted by Gasteiger charge is 2.42. The van der Waals surface area contributed by atoms with Crippen LogP contribution in [0.4, 0.5) is 0 Å². The molecule has 0 spiro atoms. The van der Waals surface area contributed by atoms with E-state index in [0.29, 0.717) is 11.5 Å². The van der Waals surface area contributed by atoms with Crippen LogP contribution in [0.1, 0.15) is 43.0 Å². The number of carbonyl (C=O) groups is 1. The van der Waals surface area contributed by atoms with Gasteiger partial charge in [-0.15, -0.1) is 0 Å². The van der Waals surface area contributed by atoms with Crippen molar-refractivity contribution in [1.82, 2.24) is 15.5 Å². The van der Waals surface area contributed by atoms with Crippen LogP contribution >= 0.6 is 0 Å². The number of carbonyl (C=O) groups excluding carboxylic acids is 1. The molecule has 2 aromatic rings. The summed E-state index contributed by atoms with van der Waals surface area (Å²) in [6.45, 7) is 2.16. The van der Waals surface area contributed by atoms with Crippen molar-refractivity contribution in [3.63, 3.8) is 0 Å². The zero-order valence-corrected chi connectivity index (χ0v) is 12.3. The van der Waals surface area contributed by atoms with Gasteiger partial charge in [0.1, 0.15) is 0 Å². The van der Waals surface area contributed by atoms with Crippen LogP contribution in [0, 0.1) is 17.8 Å². The normalized spacial score (nSPS) is 28.9. The van der Waals surface area contributed by atoms with E-state index in [0.717, 1.165) is 22.7 Å². The number of aromatic amines is 1. The van der Waals surface area contributed by atoms with Crippen molar-refractivity contribution in [2.24, 2.45) is 17.8 Å². The molecule has 0 aliphatic heterocycles. The number of aromatic nitrogens is 2. The van der Waals surface area contributed by atoms with Crippen LogP contribution in [0.3, 0.4) is 0 Å². The molecular formula is C17H21N3O. The van der Waals surface area contributed by atoms with Crippen LogP contribution < -0.4 is 5.32 Å². The van der Waals surface area contributed by atoms with Crippen molar-refractivity contribution in [3.05, 3.63) is 30.0 Å². The van der Waals surface area contributed by atoms with Gasteiger partial charge in [-0.25, -0.2) is 0 Å². The third-order valence-corrected chi connectivity index (χ3v) is 5.50. The van der Waals surface area contributed by atoms with Crippen molar-refractivity contribution in [3.8, 4) is 0 Å². The van der Waals surface area contributed by atoms with Crippen molar-refractivity contribution in [1.29, 1.82) is 0 Å². The summed E-state index contributed by atoms with van der Waals surface area (Å²) < 4.78 is 0. The van der Waals surface area contributed by atoms with Crippen molar-refractivity contribution >= 4 is 16.8 Å². The fourth-order valence-corrected chi connectivity index (χ4v) is 4.38. The predicted octanol–water partition coefficient (Wildman–Crippen LogP) is 3.12. The highest BCUT2D eigenvalue weighted by atomic mass is 16.1. The molecule has 2 N–H and O–H groups in total. The van der Waals surface area contributed by atoms with E-state index in [9.17, 15) is 4.79 Å². The van der Waals surface area contributed by atoms with Gasteiger partial charge < -0.3 is 5.32 Å². The van der Waals surface area contributed by atoms with Gasteiger partial charge in [-0.3, -0.25) is 9.89 Å². The quantitative estimate of drug-likeness (QED) is 0.909. The van der Waals surface area contributed by atoms with E-state index in [1.165, 1.54) is 25.7 Å². The first-order valence-electron chi connectivity index (χ1n) is 7.94. The molecule has 1 heterocycles. The number of rotatable bonds is 3. The van der Waals surface area contributed by atoms with E-state index in [1.807, 2.05) is 18.2 Å². The third-order valence-electron chi connectivity index (χ3n) is 5.50. The van der Waals surface area contributed by atoms with Gasteiger partial charge >= 0.3 is 0 Å². The summed E-state index contributed by atoms with van der Waals surface area (Å²) in [6.07, 6.45) is 7.21. The van der Waals surface area contributed by atoms with Gasteiger partial charge in [0.05, 0.1) is 11.7 Å². The first-order chi connectivity index (χ1) is 10.2. The second-order valence-corrected chi connectivity index (χ2v) is 6.77. The summed E-state index contributed by atoms with van der Waals surface area (Å²) in [4.78, 5) is 12.4. The molecule has 0 saturated heterocycles. The van der Waals surface area contributed by atoms with E-state index < -0.39 is 0 Å². The molecule has 2 aliphatic carbocycles. The summed E-state index contributed by atoms with van der Waals surface area (Å²) in [5, 5.41) is 11.2. The molecule has 1 aromatic heterocycles. The topological polar surface area (TPSA) is 57.8 Å². The van der Waals surface area contributed by atoms with E-state index in [2.05, 4.69) is 22.4 Å². The maximum Gasteiger partial charge on any atom is 0.251 e. The summed E-state index contributed by atoms with van der Waals surface area (Å²) in [6, 6.07) is 5.97. The fraction of sp³-hybridized carbons (Fsp3) is 0.529. The number of amides is 1. The molecule has 2 bridgehead atoms. The Morgan fingerprint density at radius 2 is 2.29 bits per heavy atom. The molecule has 2 aliphatic rings. The van der Waals surface area contributed by atoms with Crippen LogP contribution in [0.5, 0.6) is 0 Å². The lowest BCUT2D eigenvalue weighted by Gasteiger charge is -2.28. The number of nitrogens with one attached hydrogen (secondary N) is 2. The zero-order valence-electron chi connectivity index (χ0n) is 12.3. The molecule has 21 heavy (non-hydrogen) atoms. The fourth-order valence-electron chi connectivity index (χ4n) is 4.38.